The predicted octanol–water partition coefficient (Wildman–Crippen LogP) is -0.0489. The second-order valence-electron chi connectivity index (χ2n) is 4.22. The number of ether oxygens (including phenoxy) is 1. The van der Waals surface area contributed by atoms with Crippen LogP contribution in [0.3, 0.4) is 0 Å². The lowest BCUT2D eigenvalue weighted by Crippen LogP contribution is -2.37. The molecule has 98 valence electrons. The van der Waals surface area contributed by atoms with Crippen LogP contribution in [0.15, 0.2) is 35.0 Å². The van der Waals surface area contributed by atoms with Crippen molar-refractivity contribution in [2.24, 2.45) is 5.73 Å². The topological polar surface area (TPSA) is 73.9 Å². The van der Waals surface area contributed by atoms with Crippen LogP contribution < -0.4 is 5.73 Å². The molecule has 3 rings (SSSR count). The first-order valence-electron chi connectivity index (χ1n) is 5.68. The average Bonchev–Trinajstić information content (AvgIpc) is 2.57. The predicted molar refractivity (Wildman–Crippen MR) is 69.1 cm³/mol. The molecule has 0 aromatic heterocycles. The van der Waals surface area contributed by atoms with Gasteiger partial charge >= 0.3 is 7.12 Å². The van der Waals surface area contributed by atoms with Crippen molar-refractivity contribution in [2.75, 3.05) is 19.8 Å². The first-order valence-corrected chi connectivity index (χ1v) is 5.68. The average molecular weight is 272 g/mol. The molecule has 7 heteroatoms. The number of rotatable bonds is 2. The molecule has 5 nitrogen and oxygen atoms in total. The molecule has 0 bridgehead atoms. The maximum Gasteiger partial charge on any atom is 0.495 e. The Morgan fingerprint density at radius 3 is 3.00 bits per heavy atom. The zero-order chi connectivity index (χ0) is 11.8. The Morgan fingerprint density at radius 1 is 1.44 bits per heavy atom. The Labute approximate surface area is 112 Å². The summed E-state index contributed by atoms with van der Waals surface area (Å²) in [4.78, 5) is 0. The number of hydrogen-bond acceptors (Lipinski definition) is 5. The van der Waals surface area contributed by atoms with Crippen LogP contribution in [-0.2, 0) is 14.0 Å². The number of nitrogens with two attached hydrogens (primary N) is 1. The molecule has 0 saturated carbocycles. The third-order valence-corrected chi connectivity index (χ3v) is 3.21. The quantitative estimate of drug-likeness (QED) is 0.689. The van der Waals surface area contributed by atoms with Gasteiger partial charge in [0.2, 0.25) is 0 Å². The standard InChI is InChI=1S/C11H14BNO4.ClH/c13-4-8-3-7-1-2-15-6-9-10(5-14)17-12(16-8)11(7)9;/h1-3,8,10,14H,4-6,13H2;1H/t8-,10?;/m0./s1. The second-order valence-corrected chi connectivity index (χ2v) is 4.22. The Bertz CT molecular complexity index is 423. The summed E-state index contributed by atoms with van der Waals surface area (Å²) in [7, 11) is -0.429. The zero-order valence-electron chi connectivity index (χ0n) is 9.74. The molecule has 0 aliphatic carbocycles. The molecular formula is C11H15BClNO4. The summed E-state index contributed by atoms with van der Waals surface area (Å²) in [6.07, 6.45) is 5.04. The lowest BCUT2D eigenvalue weighted by atomic mass is 9.70. The highest BCUT2D eigenvalue weighted by molar-refractivity contribution is 6.57. The van der Waals surface area contributed by atoms with Crippen molar-refractivity contribution in [3.63, 3.8) is 0 Å². The summed E-state index contributed by atoms with van der Waals surface area (Å²) in [5.41, 5.74) is 8.59. The van der Waals surface area contributed by atoms with Crippen molar-refractivity contribution in [1.29, 1.82) is 0 Å². The van der Waals surface area contributed by atoms with Crippen LogP contribution in [0.25, 0.3) is 0 Å². The normalized spacial score (nSPS) is 29.2. The van der Waals surface area contributed by atoms with Crippen molar-refractivity contribution in [1.82, 2.24) is 0 Å². The summed E-state index contributed by atoms with van der Waals surface area (Å²) in [5.74, 6) is 0. The van der Waals surface area contributed by atoms with Gasteiger partial charge in [0.25, 0.3) is 0 Å². The van der Waals surface area contributed by atoms with Crippen molar-refractivity contribution in [3.05, 3.63) is 35.0 Å². The smallest absolute Gasteiger partial charge is 0.495 e. The van der Waals surface area contributed by atoms with E-state index in [0.717, 1.165) is 16.6 Å². The van der Waals surface area contributed by atoms with Gasteiger partial charge in [0.15, 0.2) is 0 Å². The van der Waals surface area contributed by atoms with E-state index >= 15 is 0 Å². The molecular weight excluding hydrogens is 256 g/mol. The molecule has 0 amide bonds. The van der Waals surface area contributed by atoms with Crippen LogP contribution in [0.2, 0.25) is 0 Å². The molecule has 0 aromatic rings. The van der Waals surface area contributed by atoms with E-state index in [1.807, 2.05) is 12.2 Å². The molecule has 0 fully saturated rings. The van der Waals surface area contributed by atoms with Gasteiger partial charge in [-0.2, -0.15) is 0 Å². The molecule has 0 aromatic carbocycles. The third-order valence-electron chi connectivity index (χ3n) is 3.21. The van der Waals surface area contributed by atoms with Crippen LogP contribution in [0.1, 0.15) is 0 Å². The zero-order valence-corrected chi connectivity index (χ0v) is 10.6. The molecule has 0 spiro atoms. The Morgan fingerprint density at radius 2 is 2.28 bits per heavy atom. The van der Waals surface area contributed by atoms with Gasteiger partial charge in [-0.3, -0.25) is 0 Å². The number of hydrogen-bond donors (Lipinski definition) is 2. The van der Waals surface area contributed by atoms with Gasteiger partial charge in [-0.1, -0.05) is 0 Å². The maximum absolute atomic E-state index is 9.31. The number of aliphatic hydroxyl groups excluding tert-OH is 1. The lowest BCUT2D eigenvalue weighted by Gasteiger charge is -2.24. The molecule has 3 heterocycles. The lowest BCUT2D eigenvalue weighted by molar-refractivity contribution is 0.100. The minimum atomic E-state index is -0.429. The largest absolute Gasteiger partial charge is 0.497 e. The van der Waals surface area contributed by atoms with Gasteiger partial charge in [0.1, 0.15) is 6.61 Å². The monoisotopic (exact) mass is 271 g/mol. The van der Waals surface area contributed by atoms with Gasteiger partial charge < -0.3 is 24.9 Å². The Hall–Kier alpha value is -0.785. The molecule has 18 heavy (non-hydrogen) atoms. The van der Waals surface area contributed by atoms with Crippen molar-refractivity contribution in [2.45, 2.75) is 12.2 Å². The minimum Gasteiger partial charge on any atom is -0.497 e. The number of aliphatic hydroxyl groups is 1. The fraction of sp³-hybridized carbons (Fsp3) is 0.455. The summed E-state index contributed by atoms with van der Waals surface area (Å²) in [5, 5.41) is 9.31. The summed E-state index contributed by atoms with van der Waals surface area (Å²) in [6, 6.07) is 0. The molecule has 1 unspecified atom stereocenters. The third kappa shape index (κ3) is 2.11. The summed E-state index contributed by atoms with van der Waals surface area (Å²) < 4.78 is 16.7. The molecule has 3 aliphatic rings. The van der Waals surface area contributed by atoms with Crippen LogP contribution in [0.5, 0.6) is 0 Å². The first kappa shape index (κ1) is 13.6. The van der Waals surface area contributed by atoms with Gasteiger partial charge in [-0.25, -0.2) is 0 Å². The Balaban J connectivity index is 0.00000120. The summed E-state index contributed by atoms with van der Waals surface area (Å²) in [6.45, 7) is 0.772. The van der Waals surface area contributed by atoms with Crippen molar-refractivity contribution >= 4 is 19.5 Å². The molecule has 0 radical (unpaired) electrons. The highest BCUT2D eigenvalue weighted by atomic mass is 35.5. The van der Waals surface area contributed by atoms with Crippen molar-refractivity contribution < 1.29 is 19.2 Å². The number of allylic oxidation sites excluding steroid dienone is 3. The fourth-order valence-corrected chi connectivity index (χ4v) is 2.39. The molecule has 3 aliphatic heterocycles. The van der Waals surface area contributed by atoms with E-state index < -0.39 is 7.12 Å². The van der Waals surface area contributed by atoms with Crippen LogP contribution in [0, 0.1) is 0 Å². The highest BCUT2D eigenvalue weighted by Gasteiger charge is 2.44. The second kappa shape index (κ2) is 5.46. The van der Waals surface area contributed by atoms with Crippen LogP contribution in [0.4, 0.5) is 0 Å². The molecule has 0 saturated heterocycles. The summed E-state index contributed by atoms with van der Waals surface area (Å²) >= 11 is 0. The van der Waals surface area contributed by atoms with E-state index in [9.17, 15) is 5.11 Å². The van der Waals surface area contributed by atoms with E-state index in [1.54, 1.807) is 6.26 Å². The minimum absolute atomic E-state index is 0. The van der Waals surface area contributed by atoms with E-state index in [4.69, 9.17) is 19.8 Å². The van der Waals surface area contributed by atoms with Gasteiger partial charge in [-0.05, 0) is 28.8 Å². The first-order chi connectivity index (χ1) is 8.33. The SMILES string of the molecule is Cl.NC[C@@H]1C=C2C=COCC3=C2B(OC3CO)O1. The van der Waals surface area contributed by atoms with E-state index in [0.29, 0.717) is 13.2 Å². The van der Waals surface area contributed by atoms with E-state index in [2.05, 4.69) is 0 Å². The van der Waals surface area contributed by atoms with Crippen LogP contribution in [-0.4, -0.2) is 44.2 Å². The van der Waals surface area contributed by atoms with Gasteiger partial charge in [0, 0.05) is 6.54 Å². The fourth-order valence-electron chi connectivity index (χ4n) is 2.39. The van der Waals surface area contributed by atoms with Crippen LogP contribution >= 0.6 is 12.4 Å². The van der Waals surface area contributed by atoms with E-state index in [-0.39, 0.29) is 31.2 Å². The van der Waals surface area contributed by atoms with Gasteiger partial charge in [0.05, 0.1) is 25.1 Å². The molecule has 3 N–H and O–H groups in total. The Kier molecular flexibility index (Phi) is 4.14. The maximum atomic E-state index is 9.31. The molecule has 2 atom stereocenters. The van der Waals surface area contributed by atoms with E-state index in [1.165, 1.54) is 0 Å². The number of halogens is 1. The van der Waals surface area contributed by atoms with Crippen molar-refractivity contribution in [3.8, 4) is 0 Å². The highest BCUT2D eigenvalue weighted by Crippen LogP contribution is 2.36. The van der Waals surface area contributed by atoms with Gasteiger partial charge in [-0.15, -0.1) is 12.4 Å².